The van der Waals surface area contributed by atoms with Crippen LogP contribution in [-0.2, 0) is 22.3 Å². The zero-order valence-corrected chi connectivity index (χ0v) is 17.3. The Bertz CT molecular complexity index is 718. The van der Waals surface area contributed by atoms with Crippen LogP contribution in [0.25, 0.3) is 11.1 Å². The molecule has 2 nitrogen and oxygen atoms in total. The molecule has 0 unspecified atom stereocenters. The predicted octanol–water partition coefficient (Wildman–Crippen LogP) is 6.56. The monoisotopic (exact) mass is 384 g/mol. The van der Waals surface area contributed by atoms with Gasteiger partial charge in [0.15, 0.2) is 6.29 Å². The smallest absolute Gasteiger partial charge is 0.157 e. The van der Waals surface area contributed by atoms with Crippen LogP contribution in [0.5, 0.6) is 0 Å². The van der Waals surface area contributed by atoms with Crippen LogP contribution < -0.4 is 0 Å². The fraction of sp³-hybridized carbons (Fsp3) is 0.520. The minimum atomic E-state index is -0.149. The van der Waals surface area contributed by atoms with Crippen molar-refractivity contribution in [3.05, 3.63) is 59.4 Å². The van der Waals surface area contributed by atoms with Gasteiger partial charge >= 0.3 is 0 Å². The first-order chi connectivity index (χ1) is 13.7. The van der Waals surface area contributed by atoms with E-state index in [1.54, 1.807) is 6.07 Å². The van der Waals surface area contributed by atoms with Gasteiger partial charge in [-0.05, 0) is 42.0 Å². The van der Waals surface area contributed by atoms with Crippen molar-refractivity contribution in [2.45, 2.75) is 65.1 Å². The fourth-order valence-corrected chi connectivity index (χ4v) is 3.75. The number of unbranched alkanes of at least 4 members (excludes halogenated alkanes) is 2. The predicted molar refractivity (Wildman–Crippen MR) is 113 cm³/mol. The highest BCUT2D eigenvalue weighted by Crippen LogP contribution is 2.25. The molecule has 0 aliphatic carbocycles. The summed E-state index contributed by atoms with van der Waals surface area (Å²) in [4.78, 5) is 0. The summed E-state index contributed by atoms with van der Waals surface area (Å²) in [6.07, 6.45) is 7.55. The normalized spacial score (nSPS) is 19.7. The lowest BCUT2D eigenvalue weighted by atomic mass is 9.99. The molecule has 0 radical (unpaired) electrons. The van der Waals surface area contributed by atoms with Gasteiger partial charge in [-0.15, -0.1) is 0 Å². The molecule has 1 heterocycles. The van der Waals surface area contributed by atoms with Crippen LogP contribution in [-0.4, -0.2) is 19.5 Å². The molecule has 1 aliphatic heterocycles. The Morgan fingerprint density at radius 2 is 1.61 bits per heavy atom. The average molecular weight is 385 g/mol. The van der Waals surface area contributed by atoms with E-state index >= 15 is 0 Å². The Hall–Kier alpha value is -1.71. The Labute approximate surface area is 169 Å². The van der Waals surface area contributed by atoms with E-state index < -0.39 is 0 Å². The number of benzene rings is 2. The highest BCUT2D eigenvalue weighted by molar-refractivity contribution is 5.64. The fourth-order valence-electron chi connectivity index (χ4n) is 3.75. The molecule has 0 aromatic heterocycles. The highest BCUT2D eigenvalue weighted by atomic mass is 19.1. The molecule has 3 heteroatoms. The van der Waals surface area contributed by atoms with Crippen molar-refractivity contribution in [2.24, 2.45) is 5.92 Å². The highest BCUT2D eigenvalue weighted by Gasteiger charge is 2.21. The first-order valence-corrected chi connectivity index (χ1v) is 10.8. The Kier molecular flexibility index (Phi) is 8.05. The van der Waals surface area contributed by atoms with Gasteiger partial charge in [0, 0.05) is 17.9 Å². The standard InChI is InChI=1S/C25H33FO2/c1-3-5-6-7-21-17-27-25(28-18-21)15-11-20-8-12-22(13-9-20)23-14-10-19(4-2)16-24(23)26/h8-10,12-14,16,21,25H,3-7,11,15,17-18H2,1-2H3. The van der Waals surface area contributed by atoms with E-state index in [2.05, 4.69) is 19.1 Å². The average Bonchev–Trinajstić information content (AvgIpc) is 2.74. The maximum Gasteiger partial charge on any atom is 0.157 e. The molecule has 1 fully saturated rings. The third kappa shape index (κ3) is 5.89. The molecule has 3 rings (SSSR count). The number of aryl methyl sites for hydroxylation is 2. The minimum Gasteiger partial charge on any atom is -0.352 e. The largest absolute Gasteiger partial charge is 0.352 e. The number of rotatable bonds is 9. The maximum absolute atomic E-state index is 14.3. The van der Waals surface area contributed by atoms with E-state index in [0.29, 0.717) is 11.5 Å². The molecule has 0 spiro atoms. The van der Waals surface area contributed by atoms with Crippen molar-refractivity contribution in [1.82, 2.24) is 0 Å². The lowest BCUT2D eigenvalue weighted by molar-refractivity contribution is -0.203. The molecule has 0 bridgehead atoms. The summed E-state index contributed by atoms with van der Waals surface area (Å²) in [5.74, 6) is 0.403. The summed E-state index contributed by atoms with van der Waals surface area (Å²) in [7, 11) is 0. The van der Waals surface area contributed by atoms with Gasteiger partial charge in [-0.1, -0.05) is 69.5 Å². The third-order valence-electron chi connectivity index (χ3n) is 5.63. The van der Waals surface area contributed by atoms with Crippen molar-refractivity contribution in [2.75, 3.05) is 13.2 Å². The topological polar surface area (TPSA) is 18.5 Å². The van der Waals surface area contributed by atoms with Crippen molar-refractivity contribution in [3.8, 4) is 11.1 Å². The van der Waals surface area contributed by atoms with Gasteiger partial charge < -0.3 is 9.47 Å². The molecular formula is C25H33FO2. The van der Waals surface area contributed by atoms with Crippen LogP contribution in [0.3, 0.4) is 0 Å². The van der Waals surface area contributed by atoms with E-state index in [1.807, 2.05) is 31.2 Å². The van der Waals surface area contributed by atoms with E-state index in [9.17, 15) is 4.39 Å². The number of halogens is 1. The van der Waals surface area contributed by atoms with Gasteiger partial charge in [-0.2, -0.15) is 0 Å². The molecule has 1 aliphatic rings. The van der Waals surface area contributed by atoms with Crippen molar-refractivity contribution in [1.29, 1.82) is 0 Å². The Balaban J connectivity index is 1.46. The summed E-state index contributed by atoms with van der Waals surface area (Å²) in [6.45, 7) is 5.91. The summed E-state index contributed by atoms with van der Waals surface area (Å²) >= 11 is 0. The van der Waals surface area contributed by atoms with Crippen LogP contribution in [0.1, 0.15) is 57.1 Å². The van der Waals surface area contributed by atoms with E-state index in [0.717, 1.165) is 43.6 Å². The Morgan fingerprint density at radius 1 is 0.893 bits per heavy atom. The van der Waals surface area contributed by atoms with Gasteiger partial charge in [0.25, 0.3) is 0 Å². The second-order valence-corrected chi connectivity index (χ2v) is 7.86. The SMILES string of the molecule is CCCCCC1COC(CCc2ccc(-c3ccc(CC)cc3F)cc2)OC1. The molecule has 2 aromatic carbocycles. The number of hydrogen-bond donors (Lipinski definition) is 0. The van der Waals surface area contributed by atoms with Crippen molar-refractivity contribution in [3.63, 3.8) is 0 Å². The Morgan fingerprint density at radius 3 is 2.25 bits per heavy atom. The molecule has 0 amide bonds. The van der Waals surface area contributed by atoms with Crippen LogP contribution in [0.15, 0.2) is 42.5 Å². The molecule has 28 heavy (non-hydrogen) atoms. The molecule has 152 valence electrons. The van der Waals surface area contributed by atoms with Crippen molar-refractivity contribution < 1.29 is 13.9 Å². The van der Waals surface area contributed by atoms with Gasteiger partial charge in [0.2, 0.25) is 0 Å². The van der Waals surface area contributed by atoms with Crippen LogP contribution in [0.4, 0.5) is 4.39 Å². The molecule has 0 saturated carbocycles. The lowest BCUT2D eigenvalue weighted by Crippen LogP contribution is -2.32. The molecular weight excluding hydrogens is 351 g/mol. The summed E-state index contributed by atoms with van der Waals surface area (Å²) < 4.78 is 26.1. The minimum absolute atomic E-state index is 0.0962. The van der Waals surface area contributed by atoms with Crippen LogP contribution >= 0.6 is 0 Å². The van der Waals surface area contributed by atoms with Gasteiger partial charge in [0.1, 0.15) is 5.82 Å². The first kappa shape index (κ1) is 21.0. The quantitative estimate of drug-likeness (QED) is 0.456. The van der Waals surface area contributed by atoms with E-state index in [-0.39, 0.29) is 12.1 Å². The maximum atomic E-state index is 14.3. The van der Waals surface area contributed by atoms with Crippen LogP contribution in [0.2, 0.25) is 0 Å². The van der Waals surface area contributed by atoms with E-state index in [4.69, 9.17) is 9.47 Å². The van der Waals surface area contributed by atoms with E-state index in [1.165, 1.54) is 31.2 Å². The van der Waals surface area contributed by atoms with Crippen molar-refractivity contribution >= 4 is 0 Å². The number of ether oxygens (including phenoxy) is 2. The zero-order valence-electron chi connectivity index (χ0n) is 17.3. The lowest BCUT2D eigenvalue weighted by Gasteiger charge is -2.29. The van der Waals surface area contributed by atoms with Gasteiger partial charge in [-0.25, -0.2) is 4.39 Å². The summed E-state index contributed by atoms with van der Waals surface area (Å²) in [5.41, 5.74) is 3.84. The molecule has 2 aromatic rings. The summed E-state index contributed by atoms with van der Waals surface area (Å²) in [6, 6.07) is 13.7. The second-order valence-electron chi connectivity index (χ2n) is 7.86. The molecule has 0 N–H and O–H groups in total. The third-order valence-corrected chi connectivity index (χ3v) is 5.63. The van der Waals surface area contributed by atoms with Gasteiger partial charge in [-0.3, -0.25) is 0 Å². The first-order valence-electron chi connectivity index (χ1n) is 10.8. The van der Waals surface area contributed by atoms with Gasteiger partial charge in [0.05, 0.1) is 13.2 Å². The summed E-state index contributed by atoms with van der Waals surface area (Å²) in [5, 5.41) is 0. The molecule has 0 atom stereocenters. The van der Waals surface area contributed by atoms with Crippen LogP contribution in [0, 0.1) is 11.7 Å². The second kappa shape index (κ2) is 10.7. The molecule has 1 saturated heterocycles. The number of hydrogen-bond acceptors (Lipinski definition) is 2. The zero-order chi connectivity index (χ0) is 19.8.